The number of benzene rings is 4. The van der Waals surface area contributed by atoms with E-state index in [-0.39, 0.29) is 5.56 Å². The van der Waals surface area contributed by atoms with Gasteiger partial charge in [0.05, 0.1) is 0 Å². The van der Waals surface area contributed by atoms with Crippen LogP contribution in [0.15, 0.2) is 90.6 Å². The van der Waals surface area contributed by atoms with Crippen LogP contribution >= 0.6 is 0 Å². The van der Waals surface area contributed by atoms with Crippen molar-refractivity contribution in [3.8, 4) is 0 Å². The molecule has 0 saturated carbocycles. The molecule has 1 aliphatic heterocycles. The molecule has 0 fully saturated rings. The molecule has 1 heterocycles. The molecule has 0 atom stereocenters. The van der Waals surface area contributed by atoms with Gasteiger partial charge in [0.1, 0.15) is 0 Å². The van der Waals surface area contributed by atoms with E-state index in [2.05, 4.69) is 0 Å². The summed E-state index contributed by atoms with van der Waals surface area (Å²) in [6, 6.07) is -14.0. The second-order valence-corrected chi connectivity index (χ2v) is 12.0. The molecule has 0 amide bonds. The zero-order chi connectivity index (χ0) is 34.2. The Kier molecular flexibility index (Phi) is 1.32. The van der Waals surface area contributed by atoms with Crippen molar-refractivity contribution < 1.29 is 26.0 Å². The molecule has 0 aliphatic carbocycles. The molecule has 0 bridgehead atoms. The van der Waals surface area contributed by atoms with E-state index in [1.165, 1.54) is 6.92 Å². The quantitative estimate of drug-likeness (QED) is 0.421. The van der Waals surface area contributed by atoms with E-state index in [9.17, 15) is 5.48 Å². The van der Waals surface area contributed by atoms with Crippen molar-refractivity contribution in [2.24, 2.45) is 0 Å². The Morgan fingerprint density at radius 3 is 2.04 bits per heavy atom. The summed E-state index contributed by atoms with van der Waals surface area (Å²) in [5.41, 5.74) is -1.62. The molecule has 26 heavy (non-hydrogen) atoms. The third kappa shape index (κ3) is 2.36. The average molecular weight is 414 g/mol. The standard InChI is InChI=1S/C25H22Ge/c1-19-15-16-20-9-8-10-21-17-26(18-24(19)25(20)21,22-11-4-2-5-12-22)23-13-6-3-7-14-23/h2-16H,17-18H2,1H3/i2D,3D,4D,5D,6D,7D,8D,9D,10D,11D,12D,13D,14D,15D,16D,17D2,18D2. The summed E-state index contributed by atoms with van der Waals surface area (Å²) < 4.78 is 166. The first-order chi connectivity index (χ1) is 20.6. The predicted molar refractivity (Wildman–Crippen MR) is 114 cm³/mol. The molecule has 0 spiro atoms. The van der Waals surface area contributed by atoms with Crippen LogP contribution < -0.4 is 8.79 Å². The number of hydrogen-bond donors (Lipinski definition) is 0. The van der Waals surface area contributed by atoms with Gasteiger partial charge in [-0.15, -0.1) is 0 Å². The van der Waals surface area contributed by atoms with Crippen molar-refractivity contribution in [3.05, 3.63) is 107 Å². The molecule has 0 aromatic heterocycles. The average Bonchev–Trinajstić information content (AvgIpc) is 2.96. The van der Waals surface area contributed by atoms with Crippen LogP contribution in [0.4, 0.5) is 0 Å². The molecule has 4 aromatic carbocycles. The van der Waals surface area contributed by atoms with Crippen molar-refractivity contribution in [1.82, 2.24) is 0 Å². The second kappa shape index (κ2) is 6.14. The normalized spacial score (nSPS) is 29.3. The van der Waals surface area contributed by atoms with E-state index < -0.39 is 145 Å². The Morgan fingerprint density at radius 2 is 1.38 bits per heavy atom. The molecular formula is C25H22Ge. The summed E-state index contributed by atoms with van der Waals surface area (Å²) in [6.07, 6.45) is 0. The van der Waals surface area contributed by atoms with Crippen LogP contribution in [-0.2, 0) is 10.4 Å². The van der Waals surface area contributed by atoms with E-state index in [0.29, 0.717) is 0 Å². The molecule has 0 unspecified atom stereocenters. The van der Waals surface area contributed by atoms with Gasteiger partial charge in [-0.2, -0.15) is 0 Å². The second-order valence-electron chi connectivity index (χ2n) is 5.75. The SMILES string of the molecule is [2H]c1c([2H])c([2H])[c]([Ge]2([c]3c([2H])c([2H])c([2H])c([2H])c3[2H])[C]([2H])([2H])c3c([2H])c([2H])c([2H])c4c([2H])c([2H])c(C)c(c34)[C]2([2H])[2H])c([2H])c1[2H]. The third-order valence-corrected chi connectivity index (χ3v) is 11.1. The van der Waals surface area contributed by atoms with Crippen molar-refractivity contribution in [2.75, 3.05) is 0 Å². The van der Waals surface area contributed by atoms with Crippen LogP contribution in [-0.4, -0.2) is 13.3 Å². The van der Waals surface area contributed by atoms with Crippen molar-refractivity contribution in [3.63, 3.8) is 0 Å². The molecule has 0 N–H and O–H groups in total. The van der Waals surface area contributed by atoms with Gasteiger partial charge in [0.15, 0.2) is 0 Å². The first kappa shape index (κ1) is 5.59. The first-order valence-electron chi connectivity index (χ1n) is 17.2. The summed E-state index contributed by atoms with van der Waals surface area (Å²) >= 11 is -6.81. The Morgan fingerprint density at radius 1 is 0.731 bits per heavy atom. The molecule has 0 radical (unpaired) electrons. The van der Waals surface area contributed by atoms with E-state index >= 15 is 0 Å². The summed E-state index contributed by atoms with van der Waals surface area (Å²) in [6.45, 7) is 1.22. The van der Waals surface area contributed by atoms with Gasteiger partial charge in [-0.05, 0) is 0 Å². The molecule has 0 nitrogen and oxygen atoms in total. The third-order valence-electron chi connectivity index (χ3n) is 4.25. The topological polar surface area (TPSA) is 0 Å². The van der Waals surface area contributed by atoms with Crippen molar-refractivity contribution in [2.45, 2.75) is 17.3 Å². The Balaban J connectivity index is 2.30. The van der Waals surface area contributed by atoms with Gasteiger partial charge in [-0.25, -0.2) is 0 Å². The summed E-state index contributed by atoms with van der Waals surface area (Å²) in [4.78, 5) is 0. The van der Waals surface area contributed by atoms with E-state index in [1.54, 1.807) is 0 Å². The van der Waals surface area contributed by atoms with Crippen LogP contribution in [0.2, 0.25) is 0 Å². The van der Waals surface area contributed by atoms with E-state index in [0.717, 1.165) is 0 Å². The van der Waals surface area contributed by atoms with Crippen molar-refractivity contribution >= 4 is 32.8 Å². The maximum absolute atomic E-state index is 9.78. The van der Waals surface area contributed by atoms with Gasteiger partial charge in [0.25, 0.3) is 0 Å². The van der Waals surface area contributed by atoms with Gasteiger partial charge in [0, 0.05) is 0 Å². The molecule has 0 saturated heterocycles. The van der Waals surface area contributed by atoms with Crippen LogP contribution in [0.1, 0.15) is 42.7 Å². The Labute approximate surface area is 184 Å². The fourth-order valence-electron chi connectivity index (χ4n) is 3.06. The monoisotopic (exact) mass is 415 g/mol. The number of rotatable bonds is 2. The van der Waals surface area contributed by atoms with Gasteiger partial charge >= 0.3 is 184 Å². The van der Waals surface area contributed by atoms with Crippen LogP contribution in [0.25, 0.3) is 10.8 Å². The summed E-state index contributed by atoms with van der Waals surface area (Å²) in [7, 11) is 0. The predicted octanol–water partition coefficient (Wildman–Crippen LogP) is 4.59. The molecule has 1 heteroatoms. The maximum atomic E-state index is 9.78. The number of hydrogen-bond acceptors (Lipinski definition) is 0. The molecule has 1 aliphatic rings. The van der Waals surface area contributed by atoms with Gasteiger partial charge < -0.3 is 0 Å². The fourth-order valence-corrected chi connectivity index (χ4v) is 9.49. The van der Waals surface area contributed by atoms with Gasteiger partial charge in [0.2, 0.25) is 0 Å². The summed E-state index contributed by atoms with van der Waals surface area (Å²) in [5, 5.41) is -7.66. The zero-order valence-electron chi connectivity index (χ0n) is 32.5. The Hall–Kier alpha value is -2.32. The van der Waals surface area contributed by atoms with Crippen LogP contribution in [0.5, 0.6) is 0 Å². The fraction of sp³-hybridized carbons (Fsp3) is 0.120. The molecule has 4 aromatic rings. The minimum absolute atomic E-state index is 0.277. The van der Waals surface area contributed by atoms with E-state index in [4.69, 9.17) is 20.6 Å². The molecule has 126 valence electrons. The van der Waals surface area contributed by atoms with Crippen LogP contribution in [0, 0.1) is 6.92 Å². The Bertz CT molecular complexity index is 1830. The van der Waals surface area contributed by atoms with Crippen LogP contribution in [0.3, 0.4) is 0 Å². The molecule has 5 rings (SSSR count). The minimum atomic E-state index is -6.81. The first-order valence-corrected chi connectivity index (χ1v) is 11.9. The van der Waals surface area contributed by atoms with Crippen molar-refractivity contribution in [1.29, 1.82) is 0 Å². The zero-order valence-corrected chi connectivity index (χ0v) is 15.6. The van der Waals surface area contributed by atoms with E-state index in [1.807, 2.05) is 0 Å². The van der Waals surface area contributed by atoms with Gasteiger partial charge in [-0.1, -0.05) is 0 Å². The summed E-state index contributed by atoms with van der Waals surface area (Å²) in [5.74, 6) is 0. The molecular weight excluding hydrogens is 373 g/mol. The van der Waals surface area contributed by atoms with Gasteiger partial charge in [-0.3, -0.25) is 0 Å².